The molecule has 0 radical (unpaired) electrons. The van der Waals surface area contributed by atoms with Crippen molar-refractivity contribution in [1.29, 1.82) is 0 Å². The van der Waals surface area contributed by atoms with Crippen LogP contribution < -0.4 is 5.32 Å². The molecular formula is C28H32N2O5. The zero-order valence-corrected chi connectivity index (χ0v) is 20.0. The number of benzene rings is 2. The van der Waals surface area contributed by atoms with Gasteiger partial charge >= 0.3 is 12.1 Å². The molecular weight excluding hydrogens is 444 g/mol. The molecule has 7 heteroatoms. The van der Waals surface area contributed by atoms with Gasteiger partial charge in [0.15, 0.2) is 0 Å². The molecule has 3 aliphatic rings. The second-order valence-corrected chi connectivity index (χ2v) is 10.2. The fourth-order valence-electron chi connectivity index (χ4n) is 6.24. The maximum atomic E-state index is 12.8. The summed E-state index contributed by atoms with van der Waals surface area (Å²) in [5, 5.41) is 12.6. The van der Waals surface area contributed by atoms with Gasteiger partial charge in [-0.1, -0.05) is 55.0 Å². The predicted octanol–water partition coefficient (Wildman–Crippen LogP) is 4.41. The number of ether oxygens (including phenoxy) is 1. The summed E-state index contributed by atoms with van der Waals surface area (Å²) in [6.07, 6.45) is 2.69. The maximum Gasteiger partial charge on any atom is 0.407 e. The van der Waals surface area contributed by atoms with Gasteiger partial charge in [0.25, 0.3) is 0 Å². The molecule has 2 N–H and O–H groups in total. The van der Waals surface area contributed by atoms with Crippen molar-refractivity contribution in [2.45, 2.75) is 51.0 Å². The van der Waals surface area contributed by atoms with Crippen molar-refractivity contribution in [2.75, 3.05) is 19.7 Å². The number of aliphatic carboxylic acids is 1. The number of alkyl carbamates (subject to hydrolysis) is 1. The minimum Gasteiger partial charge on any atom is -0.481 e. The average molecular weight is 477 g/mol. The second-order valence-electron chi connectivity index (χ2n) is 10.2. The Kier molecular flexibility index (Phi) is 6.26. The molecule has 0 spiro atoms. The van der Waals surface area contributed by atoms with Crippen molar-refractivity contribution in [3.05, 3.63) is 59.7 Å². The second kappa shape index (κ2) is 9.36. The van der Waals surface area contributed by atoms with Crippen LogP contribution in [0.2, 0.25) is 0 Å². The van der Waals surface area contributed by atoms with Gasteiger partial charge in [-0.2, -0.15) is 0 Å². The number of hydrogen-bond donors (Lipinski definition) is 2. The van der Waals surface area contributed by atoms with E-state index in [-0.39, 0.29) is 36.8 Å². The number of nitrogens with one attached hydrogen (secondary N) is 1. The quantitative estimate of drug-likeness (QED) is 0.617. The van der Waals surface area contributed by atoms with Crippen LogP contribution in [0.5, 0.6) is 0 Å². The van der Waals surface area contributed by atoms with Gasteiger partial charge in [0.05, 0.1) is 5.41 Å². The van der Waals surface area contributed by atoms with Gasteiger partial charge < -0.3 is 20.1 Å². The molecule has 2 amide bonds. The number of hydrogen-bond acceptors (Lipinski definition) is 4. The first-order chi connectivity index (χ1) is 16.9. The third-order valence-corrected chi connectivity index (χ3v) is 8.15. The molecule has 2 aliphatic carbocycles. The highest BCUT2D eigenvalue weighted by Gasteiger charge is 2.55. The van der Waals surface area contributed by atoms with Gasteiger partial charge in [0.2, 0.25) is 5.91 Å². The zero-order chi connectivity index (χ0) is 24.6. The van der Waals surface area contributed by atoms with Crippen molar-refractivity contribution >= 4 is 18.0 Å². The smallest absolute Gasteiger partial charge is 0.407 e. The monoisotopic (exact) mass is 476 g/mol. The lowest BCUT2D eigenvalue weighted by molar-refractivity contribution is -0.149. The molecule has 2 aromatic rings. The number of nitrogens with zero attached hydrogens (tertiary/aromatic N) is 1. The minimum absolute atomic E-state index is 0.00112. The largest absolute Gasteiger partial charge is 0.481 e. The highest BCUT2D eigenvalue weighted by atomic mass is 16.5. The van der Waals surface area contributed by atoms with E-state index < -0.39 is 17.5 Å². The topological polar surface area (TPSA) is 95.9 Å². The molecule has 2 aromatic carbocycles. The van der Waals surface area contributed by atoms with E-state index in [0.29, 0.717) is 25.9 Å². The summed E-state index contributed by atoms with van der Waals surface area (Å²) in [5.41, 5.74) is 3.92. The molecule has 1 aliphatic heterocycles. The van der Waals surface area contributed by atoms with Crippen LogP contribution in [0.25, 0.3) is 11.1 Å². The summed E-state index contributed by atoms with van der Waals surface area (Å²) < 4.78 is 5.60. The third-order valence-electron chi connectivity index (χ3n) is 8.15. The maximum absolute atomic E-state index is 12.8. The number of carbonyl (C=O) groups is 3. The standard InChI is InChI=1S/C28H32N2O5/c1-18(12-13-25(31)30-15-19-7-6-14-28(19,17-30)26(32)33)29-27(34)35-16-24-22-10-4-2-8-20(22)21-9-3-5-11-23(21)24/h2-5,8-11,18-19,24H,6-7,12-17H2,1H3,(H,29,34)(H,32,33). The molecule has 0 aromatic heterocycles. The number of fused-ring (bicyclic) bond motifs is 4. The molecule has 1 saturated carbocycles. The van der Waals surface area contributed by atoms with Crippen LogP contribution >= 0.6 is 0 Å². The minimum atomic E-state index is -0.777. The molecule has 1 heterocycles. The van der Waals surface area contributed by atoms with Crippen molar-refractivity contribution in [2.24, 2.45) is 11.3 Å². The van der Waals surface area contributed by atoms with Crippen molar-refractivity contribution in [3.8, 4) is 11.1 Å². The third kappa shape index (κ3) is 4.28. The van der Waals surface area contributed by atoms with Gasteiger partial charge in [-0.3, -0.25) is 9.59 Å². The molecule has 5 rings (SSSR count). The molecule has 35 heavy (non-hydrogen) atoms. The van der Waals surface area contributed by atoms with E-state index in [1.807, 2.05) is 31.2 Å². The van der Waals surface area contributed by atoms with Gasteiger partial charge in [0, 0.05) is 31.5 Å². The van der Waals surface area contributed by atoms with Crippen LogP contribution in [-0.4, -0.2) is 53.7 Å². The van der Waals surface area contributed by atoms with Crippen LogP contribution in [0.3, 0.4) is 0 Å². The van der Waals surface area contributed by atoms with Gasteiger partial charge in [0.1, 0.15) is 6.61 Å². The summed E-state index contributed by atoms with van der Waals surface area (Å²) >= 11 is 0. The van der Waals surface area contributed by atoms with E-state index in [1.54, 1.807) is 4.90 Å². The predicted molar refractivity (Wildman–Crippen MR) is 131 cm³/mol. The molecule has 184 valence electrons. The van der Waals surface area contributed by atoms with Crippen LogP contribution in [0, 0.1) is 11.3 Å². The summed E-state index contributed by atoms with van der Waals surface area (Å²) in [7, 11) is 0. The number of amides is 2. The number of likely N-dealkylation sites (tertiary alicyclic amines) is 1. The summed E-state index contributed by atoms with van der Waals surface area (Å²) in [6.45, 7) is 2.93. The summed E-state index contributed by atoms with van der Waals surface area (Å²) in [4.78, 5) is 38.8. The van der Waals surface area contributed by atoms with Gasteiger partial charge in [-0.15, -0.1) is 0 Å². The van der Waals surface area contributed by atoms with E-state index in [0.717, 1.165) is 24.0 Å². The Bertz CT molecular complexity index is 1100. The zero-order valence-electron chi connectivity index (χ0n) is 20.0. The van der Waals surface area contributed by atoms with E-state index in [2.05, 4.69) is 29.6 Å². The van der Waals surface area contributed by atoms with Crippen molar-refractivity contribution in [3.63, 3.8) is 0 Å². The number of carboxylic acids is 1. The highest BCUT2D eigenvalue weighted by Crippen LogP contribution is 2.49. The van der Waals surface area contributed by atoms with E-state index in [4.69, 9.17) is 4.74 Å². The van der Waals surface area contributed by atoms with Crippen LogP contribution in [0.1, 0.15) is 56.1 Å². The van der Waals surface area contributed by atoms with Gasteiger partial charge in [-0.05, 0) is 54.4 Å². The average Bonchev–Trinajstić information content (AvgIpc) is 3.51. The molecule has 2 fully saturated rings. The van der Waals surface area contributed by atoms with Crippen LogP contribution in [-0.2, 0) is 14.3 Å². The lowest BCUT2D eigenvalue weighted by Crippen LogP contribution is -2.38. The van der Waals surface area contributed by atoms with E-state index in [9.17, 15) is 19.5 Å². The Morgan fingerprint density at radius 2 is 1.77 bits per heavy atom. The van der Waals surface area contributed by atoms with Crippen molar-refractivity contribution in [1.82, 2.24) is 10.2 Å². The fourth-order valence-corrected chi connectivity index (χ4v) is 6.24. The Labute approximate surface area is 205 Å². The normalized spacial score (nSPS) is 23.3. The summed E-state index contributed by atoms with van der Waals surface area (Å²) in [6, 6.07) is 16.2. The van der Waals surface area contributed by atoms with E-state index >= 15 is 0 Å². The Hall–Kier alpha value is -3.35. The first-order valence-corrected chi connectivity index (χ1v) is 12.5. The summed E-state index contributed by atoms with van der Waals surface area (Å²) in [5.74, 6) is -0.761. The Morgan fingerprint density at radius 3 is 2.40 bits per heavy atom. The fraction of sp³-hybridized carbons (Fsp3) is 0.464. The number of carboxylic acid groups (broad SMARTS) is 1. The SMILES string of the molecule is CC(CCC(=O)N1CC2CCCC2(C(=O)O)C1)NC(=O)OCC1c2ccccc2-c2ccccc21. The first kappa shape index (κ1) is 23.4. The van der Waals surface area contributed by atoms with Crippen molar-refractivity contribution < 1.29 is 24.2 Å². The van der Waals surface area contributed by atoms with E-state index in [1.165, 1.54) is 11.1 Å². The molecule has 0 bridgehead atoms. The lowest BCUT2D eigenvalue weighted by atomic mass is 9.81. The lowest BCUT2D eigenvalue weighted by Gasteiger charge is -2.23. The highest BCUT2D eigenvalue weighted by molar-refractivity contribution is 5.82. The Morgan fingerprint density at radius 1 is 1.11 bits per heavy atom. The van der Waals surface area contributed by atoms with Gasteiger partial charge in [-0.25, -0.2) is 4.79 Å². The van der Waals surface area contributed by atoms with Crippen LogP contribution in [0.4, 0.5) is 4.79 Å². The molecule has 1 saturated heterocycles. The Balaban J connectivity index is 1.10. The molecule has 7 nitrogen and oxygen atoms in total. The number of carbonyl (C=O) groups excluding carboxylic acids is 2. The number of rotatable bonds is 7. The van der Waals surface area contributed by atoms with Crippen LogP contribution in [0.15, 0.2) is 48.5 Å². The molecule has 3 unspecified atom stereocenters. The molecule has 3 atom stereocenters. The first-order valence-electron chi connectivity index (χ1n) is 12.5.